The maximum atomic E-state index is 12.0. The van der Waals surface area contributed by atoms with E-state index >= 15 is 0 Å². The molecule has 128 valence electrons. The average Bonchev–Trinajstić information content (AvgIpc) is 2.62. The van der Waals surface area contributed by atoms with Gasteiger partial charge in [0.25, 0.3) is 0 Å². The monoisotopic (exact) mass is 332 g/mol. The fraction of sp³-hybridized carbons (Fsp3) is 0.235. The Labute approximate surface area is 140 Å². The normalized spacial score (nSPS) is 9.79. The van der Waals surface area contributed by atoms with E-state index < -0.39 is 6.03 Å². The van der Waals surface area contributed by atoms with E-state index in [9.17, 15) is 4.79 Å². The predicted molar refractivity (Wildman–Crippen MR) is 90.2 cm³/mol. The molecule has 2 amide bonds. The third-order valence-corrected chi connectivity index (χ3v) is 3.18. The maximum Gasteiger partial charge on any atom is 0.321 e. The highest BCUT2D eigenvalue weighted by molar-refractivity contribution is 5.91. The minimum absolute atomic E-state index is 0.0154. The summed E-state index contributed by atoms with van der Waals surface area (Å²) in [6.07, 6.45) is 0. The summed E-state index contributed by atoms with van der Waals surface area (Å²) in [6.45, 7) is -0.0154. The number of rotatable bonds is 7. The Morgan fingerprint density at radius 2 is 1.62 bits per heavy atom. The van der Waals surface area contributed by atoms with E-state index in [-0.39, 0.29) is 6.73 Å². The summed E-state index contributed by atoms with van der Waals surface area (Å²) in [6, 6.07) is 11.9. The van der Waals surface area contributed by atoms with Crippen LogP contribution in [0.3, 0.4) is 0 Å². The molecular weight excluding hydrogens is 312 g/mol. The first kappa shape index (κ1) is 17.3. The third kappa shape index (κ3) is 4.45. The average molecular weight is 332 g/mol. The summed E-state index contributed by atoms with van der Waals surface area (Å²) in [5, 5.41) is 5.28. The molecule has 0 saturated heterocycles. The van der Waals surface area contributed by atoms with Crippen LogP contribution >= 0.6 is 0 Å². The minimum atomic E-state index is -0.434. The van der Waals surface area contributed by atoms with Crippen molar-refractivity contribution in [2.45, 2.75) is 0 Å². The number of benzene rings is 2. The van der Waals surface area contributed by atoms with E-state index in [4.69, 9.17) is 18.9 Å². The topological polar surface area (TPSA) is 78.1 Å². The van der Waals surface area contributed by atoms with Gasteiger partial charge in [-0.05, 0) is 24.3 Å². The van der Waals surface area contributed by atoms with Crippen LogP contribution in [0, 0.1) is 0 Å². The molecule has 0 aromatic heterocycles. The summed E-state index contributed by atoms with van der Waals surface area (Å²) in [5.41, 5.74) is 0.492. The van der Waals surface area contributed by atoms with Crippen LogP contribution < -0.4 is 29.6 Å². The van der Waals surface area contributed by atoms with Crippen molar-refractivity contribution in [2.75, 3.05) is 33.4 Å². The Morgan fingerprint density at radius 1 is 0.917 bits per heavy atom. The van der Waals surface area contributed by atoms with Crippen molar-refractivity contribution in [3.8, 4) is 23.0 Å². The third-order valence-electron chi connectivity index (χ3n) is 3.18. The number of methoxy groups -OCH3 is 3. The predicted octanol–water partition coefficient (Wildman–Crippen LogP) is 2.87. The standard InChI is InChI=1S/C17H20N2O5/c1-21-12-8-9-14(22-2)13(10-12)19-17(20)18-11-24-16-7-5-4-6-15(16)23-3/h4-10H,11H2,1-3H3,(H2,18,19,20). The Hall–Kier alpha value is -3.09. The van der Waals surface area contributed by atoms with Crippen LogP contribution in [0.2, 0.25) is 0 Å². The van der Waals surface area contributed by atoms with Crippen LogP contribution in [0.5, 0.6) is 23.0 Å². The number of hydrogen-bond acceptors (Lipinski definition) is 5. The van der Waals surface area contributed by atoms with Crippen LogP contribution in [-0.4, -0.2) is 34.1 Å². The summed E-state index contributed by atoms with van der Waals surface area (Å²) in [4.78, 5) is 12.0. The van der Waals surface area contributed by atoms with Gasteiger partial charge in [-0.25, -0.2) is 4.79 Å². The van der Waals surface area contributed by atoms with Gasteiger partial charge in [-0.2, -0.15) is 0 Å². The fourth-order valence-corrected chi connectivity index (χ4v) is 2.00. The molecule has 0 aliphatic rings. The second kappa shape index (κ2) is 8.52. The molecule has 24 heavy (non-hydrogen) atoms. The van der Waals surface area contributed by atoms with Crippen LogP contribution in [0.15, 0.2) is 42.5 Å². The van der Waals surface area contributed by atoms with Crippen LogP contribution in [0.1, 0.15) is 0 Å². The summed E-state index contributed by atoms with van der Waals surface area (Å²) < 4.78 is 21.0. The number of urea groups is 1. The molecule has 0 spiro atoms. The molecule has 2 N–H and O–H groups in total. The molecule has 0 heterocycles. The molecule has 0 atom stereocenters. The zero-order valence-corrected chi connectivity index (χ0v) is 13.8. The van der Waals surface area contributed by atoms with Crippen molar-refractivity contribution in [3.63, 3.8) is 0 Å². The number of hydrogen-bond donors (Lipinski definition) is 2. The highest BCUT2D eigenvalue weighted by Crippen LogP contribution is 2.29. The molecule has 7 heteroatoms. The molecule has 0 aliphatic carbocycles. The second-order valence-electron chi connectivity index (χ2n) is 4.64. The van der Waals surface area contributed by atoms with Gasteiger partial charge in [0.05, 0.1) is 27.0 Å². The number of para-hydroxylation sites is 2. The first-order valence-corrected chi connectivity index (χ1v) is 7.20. The van der Waals surface area contributed by atoms with Crippen LogP contribution in [0.25, 0.3) is 0 Å². The first-order valence-electron chi connectivity index (χ1n) is 7.20. The molecule has 0 aliphatic heterocycles. The summed E-state index contributed by atoms with van der Waals surface area (Å²) in [5.74, 6) is 2.27. The van der Waals surface area contributed by atoms with Crippen LogP contribution in [-0.2, 0) is 0 Å². The molecule has 0 bridgehead atoms. The van der Waals surface area contributed by atoms with Gasteiger partial charge in [0.15, 0.2) is 18.2 Å². The van der Waals surface area contributed by atoms with Gasteiger partial charge in [-0.1, -0.05) is 12.1 Å². The van der Waals surface area contributed by atoms with E-state index in [1.807, 2.05) is 12.1 Å². The van der Waals surface area contributed by atoms with Gasteiger partial charge in [0.2, 0.25) is 0 Å². The van der Waals surface area contributed by atoms with E-state index in [2.05, 4.69) is 10.6 Å². The van der Waals surface area contributed by atoms with Crippen molar-refractivity contribution < 1.29 is 23.7 Å². The number of carbonyl (C=O) groups is 1. The Bertz CT molecular complexity index is 690. The summed E-state index contributed by atoms with van der Waals surface area (Å²) in [7, 11) is 4.62. The van der Waals surface area contributed by atoms with Gasteiger partial charge in [-0.3, -0.25) is 0 Å². The Kier molecular flexibility index (Phi) is 6.13. The molecule has 2 rings (SSSR count). The van der Waals surface area contributed by atoms with E-state index in [1.165, 1.54) is 7.11 Å². The smallest absolute Gasteiger partial charge is 0.321 e. The van der Waals surface area contributed by atoms with Crippen molar-refractivity contribution in [1.29, 1.82) is 0 Å². The van der Waals surface area contributed by atoms with Crippen molar-refractivity contribution in [2.24, 2.45) is 0 Å². The maximum absolute atomic E-state index is 12.0. The van der Waals surface area contributed by atoms with Crippen LogP contribution in [0.4, 0.5) is 10.5 Å². The first-order chi connectivity index (χ1) is 11.7. The molecule has 0 radical (unpaired) electrons. The second-order valence-corrected chi connectivity index (χ2v) is 4.64. The molecule has 0 unspecified atom stereocenters. The lowest BCUT2D eigenvalue weighted by molar-refractivity contribution is 0.231. The van der Waals surface area contributed by atoms with Crippen molar-refractivity contribution in [3.05, 3.63) is 42.5 Å². The largest absolute Gasteiger partial charge is 0.497 e. The van der Waals surface area contributed by atoms with Gasteiger partial charge in [0.1, 0.15) is 11.5 Å². The van der Waals surface area contributed by atoms with E-state index in [0.717, 1.165) is 0 Å². The minimum Gasteiger partial charge on any atom is -0.497 e. The lowest BCUT2D eigenvalue weighted by Gasteiger charge is -2.14. The SMILES string of the molecule is COc1ccc(OC)c(NC(=O)NCOc2ccccc2OC)c1. The Balaban J connectivity index is 1.92. The number of carbonyl (C=O) groups excluding carboxylic acids is 1. The zero-order chi connectivity index (χ0) is 17.4. The molecular formula is C17H20N2O5. The van der Waals surface area contributed by atoms with Gasteiger partial charge in [-0.15, -0.1) is 0 Å². The highest BCUT2D eigenvalue weighted by Gasteiger charge is 2.09. The quantitative estimate of drug-likeness (QED) is 0.762. The molecule has 0 fully saturated rings. The molecule has 7 nitrogen and oxygen atoms in total. The number of nitrogens with one attached hydrogen (secondary N) is 2. The van der Waals surface area contributed by atoms with Crippen molar-refractivity contribution >= 4 is 11.7 Å². The molecule has 2 aromatic rings. The van der Waals surface area contributed by atoms with E-state index in [1.54, 1.807) is 44.6 Å². The number of ether oxygens (including phenoxy) is 4. The highest BCUT2D eigenvalue weighted by atomic mass is 16.5. The van der Waals surface area contributed by atoms with Gasteiger partial charge < -0.3 is 29.6 Å². The number of amides is 2. The number of anilines is 1. The van der Waals surface area contributed by atoms with E-state index in [0.29, 0.717) is 28.7 Å². The van der Waals surface area contributed by atoms with Crippen molar-refractivity contribution in [1.82, 2.24) is 5.32 Å². The lowest BCUT2D eigenvalue weighted by Crippen LogP contribution is -2.32. The molecule has 2 aromatic carbocycles. The lowest BCUT2D eigenvalue weighted by atomic mass is 10.2. The Morgan fingerprint density at radius 3 is 2.29 bits per heavy atom. The molecule has 0 saturated carbocycles. The zero-order valence-electron chi connectivity index (χ0n) is 13.8. The van der Waals surface area contributed by atoms with Gasteiger partial charge in [0, 0.05) is 6.07 Å². The fourth-order valence-electron chi connectivity index (χ4n) is 2.00. The van der Waals surface area contributed by atoms with Gasteiger partial charge >= 0.3 is 6.03 Å². The summed E-state index contributed by atoms with van der Waals surface area (Å²) >= 11 is 0.